The molecule has 1 N–H and O–H groups in total. The van der Waals surface area contributed by atoms with E-state index >= 15 is 0 Å². The van der Waals surface area contributed by atoms with Crippen LogP contribution in [-0.4, -0.2) is 35.6 Å². The summed E-state index contributed by atoms with van der Waals surface area (Å²) < 4.78 is 0. The SMILES string of the molecule is CCN(CCC1CCCCN1)Cc1cccc(C)n1. The first-order valence-electron chi connectivity index (χ1n) is 7.66. The lowest BCUT2D eigenvalue weighted by molar-refractivity contribution is 0.247. The standard InChI is InChI=1S/C16H27N3/c1-3-19(12-10-15-8-4-5-11-17-15)13-16-9-6-7-14(2)18-16/h6-7,9,15,17H,3-5,8,10-13H2,1-2H3. The van der Waals surface area contributed by atoms with E-state index in [1.807, 2.05) is 0 Å². The number of nitrogens with zero attached hydrogens (tertiary/aromatic N) is 2. The summed E-state index contributed by atoms with van der Waals surface area (Å²) >= 11 is 0. The molecule has 1 aliphatic heterocycles. The molecular weight excluding hydrogens is 234 g/mol. The van der Waals surface area contributed by atoms with Crippen LogP contribution in [0.15, 0.2) is 18.2 Å². The van der Waals surface area contributed by atoms with E-state index in [1.165, 1.54) is 44.5 Å². The van der Waals surface area contributed by atoms with Crippen LogP contribution in [0.5, 0.6) is 0 Å². The number of hydrogen-bond acceptors (Lipinski definition) is 3. The summed E-state index contributed by atoms with van der Waals surface area (Å²) in [6.07, 6.45) is 5.35. The first-order chi connectivity index (χ1) is 9.28. The first kappa shape index (κ1) is 14.5. The van der Waals surface area contributed by atoms with Crippen LogP contribution in [0.25, 0.3) is 0 Å². The number of aromatic nitrogens is 1. The maximum absolute atomic E-state index is 4.60. The summed E-state index contributed by atoms with van der Waals surface area (Å²) in [6, 6.07) is 7.03. The van der Waals surface area contributed by atoms with Gasteiger partial charge in [0.2, 0.25) is 0 Å². The van der Waals surface area contributed by atoms with Crippen LogP contribution in [0, 0.1) is 6.92 Å². The highest BCUT2D eigenvalue weighted by molar-refractivity contribution is 5.09. The van der Waals surface area contributed by atoms with Crippen molar-refractivity contribution in [3.05, 3.63) is 29.6 Å². The molecule has 0 amide bonds. The van der Waals surface area contributed by atoms with Gasteiger partial charge in [0.1, 0.15) is 0 Å². The second kappa shape index (κ2) is 7.61. The molecule has 0 radical (unpaired) electrons. The topological polar surface area (TPSA) is 28.2 Å². The number of rotatable bonds is 6. The first-order valence-corrected chi connectivity index (χ1v) is 7.66. The zero-order valence-electron chi connectivity index (χ0n) is 12.4. The van der Waals surface area contributed by atoms with Gasteiger partial charge in [0.25, 0.3) is 0 Å². The molecule has 3 nitrogen and oxygen atoms in total. The summed E-state index contributed by atoms with van der Waals surface area (Å²) in [6.45, 7) is 8.75. The third-order valence-corrected chi connectivity index (χ3v) is 3.98. The minimum Gasteiger partial charge on any atom is -0.314 e. The van der Waals surface area contributed by atoms with Crippen molar-refractivity contribution in [1.82, 2.24) is 15.2 Å². The van der Waals surface area contributed by atoms with Crippen LogP contribution < -0.4 is 5.32 Å². The molecule has 1 fully saturated rings. The molecule has 3 heteroatoms. The summed E-state index contributed by atoms with van der Waals surface area (Å²) in [4.78, 5) is 7.10. The lowest BCUT2D eigenvalue weighted by Crippen LogP contribution is -2.37. The summed E-state index contributed by atoms with van der Waals surface area (Å²) in [5.41, 5.74) is 2.31. The Labute approximate surface area is 117 Å². The number of nitrogens with one attached hydrogen (secondary N) is 1. The second-order valence-electron chi connectivity index (χ2n) is 5.57. The fourth-order valence-electron chi connectivity index (χ4n) is 2.77. The zero-order valence-corrected chi connectivity index (χ0v) is 12.4. The van der Waals surface area contributed by atoms with Crippen molar-refractivity contribution in [2.75, 3.05) is 19.6 Å². The molecule has 2 rings (SSSR count). The quantitative estimate of drug-likeness (QED) is 0.853. The number of hydrogen-bond donors (Lipinski definition) is 1. The van der Waals surface area contributed by atoms with Crippen LogP contribution in [0.2, 0.25) is 0 Å². The van der Waals surface area contributed by atoms with Crippen LogP contribution in [0.1, 0.15) is 44.0 Å². The Hall–Kier alpha value is -0.930. The Bertz CT molecular complexity index is 372. The highest BCUT2D eigenvalue weighted by atomic mass is 15.1. The minimum atomic E-state index is 0.730. The van der Waals surface area contributed by atoms with Gasteiger partial charge in [0.15, 0.2) is 0 Å². The summed E-state index contributed by atoms with van der Waals surface area (Å²) in [7, 11) is 0. The lowest BCUT2D eigenvalue weighted by Gasteiger charge is -2.27. The Morgan fingerprint density at radius 1 is 1.37 bits per heavy atom. The van der Waals surface area contributed by atoms with E-state index < -0.39 is 0 Å². The molecule has 0 spiro atoms. The van der Waals surface area contributed by atoms with E-state index in [1.54, 1.807) is 0 Å². The highest BCUT2D eigenvalue weighted by Crippen LogP contribution is 2.11. The van der Waals surface area contributed by atoms with Crippen LogP contribution in [0.4, 0.5) is 0 Å². The fourth-order valence-corrected chi connectivity index (χ4v) is 2.77. The van der Waals surface area contributed by atoms with Gasteiger partial charge in [-0.2, -0.15) is 0 Å². The molecule has 1 aliphatic rings. The zero-order chi connectivity index (χ0) is 13.5. The van der Waals surface area contributed by atoms with Crippen molar-refractivity contribution in [3.8, 4) is 0 Å². The van der Waals surface area contributed by atoms with E-state index in [9.17, 15) is 0 Å². The molecule has 0 bridgehead atoms. The summed E-state index contributed by atoms with van der Waals surface area (Å²) in [5, 5.41) is 3.63. The Kier molecular flexibility index (Phi) is 5.80. The molecule has 1 aromatic heterocycles. The number of piperidine rings is 1. The molecule has 1 saturated heterocycles. The largest absolute Gasteiger partial charge is 0.314 e. The van der Waals surface area contributed by atoms with Crippen molar-refractivity contribution >= 4 is 0 Å². The maximum Gasteiger partial charge on any atom is 0.0547 e. The van der Waals surface area contributed by atoms with Crippen molar-refractivity contribution in [1.29, 1.82) is 0 Å². The van der Waals surface area contributed by atoms with Crippen LogP contribution >= 0.6 is 0 Å². The number of aryl methyl sites for hydroxylation is 1. The predicted molar refractivity (Wildman–Crippen MR) is 80.2 cm³/mol. The Morgan fingerprint density at radius 2 is 2.26 bits per heavy atom. The van der Waals surface area contributed by atoms with Gasteiger partial charge in [0.05, 0.1) is 5.69 Å². The van der Waals surface area contributed by atoms with Gasteiger partial charge in [0, 0.05) is 24.8 Å². The van der Waals surface area contributed by atoms with Crippen molar-refractivity contribution in [2.24, 2.45) is 0 Å². The number of pyridine rings is 1. The van der Waals surface area contributed by atoms with Gasteiger partial charge in [-0.15, -0.1) is 0 Å². The molecule has 106 valence electrons. The third-order valence-electron chi connectivity index (χ3n) is 3.98. The van der Waals surface area contributed by atoms with Crippen molar-refractivity contribution in [3.63, 3.8) is 0 Å². The molecule has 1 atom stereocenters. The Balaban J connectivity index is 1.79. The molecule has 0 aromatic carbocycles. The molecule has 0 aliphatic carbocycles. The predicted octanol–water partition coefficient (Wildman–Crippen LogP) is 2.74. The maximum atomic E-state index is 4.60. The van der Waals surface area contributed by atoms with Gasteiger partial charge in [-0.1, -0.05) is 19.4 Å². The van der Waals surface area contributed by atoms with Gasteiger partial charge < -0.3 is 5.32 Å². The Morgan fingerprint density at radius 3 is 2.95 bits per heavy atom. The van der Waals surface area contributed by atoms with E-state index in [0.717, 1.165) is 24.8 Å². The normalized spacial score (nSPS) is 19.8. The van der Waals surface area contributed by atoms with Crippen molar-refractivity contribution in [2.45, 2.75) is 52.1 Å². The molecule has 1 aromatic rings. The van der Waals surface area contributed by atoms with E-state index in [0.29, 0.717) is 0 Å². The monoisotopic (exact) mass is 261 g/mol. The van der Waals surface area contributed by atoms with Gasteiger partial charge in [-0.3, -0.25) is 9.88 Å². The molecule has 0 saturated carbocycles. The van der Waals surface area contributed by atoms with E-state index in [-0.39, 0.29) is 0 Å². The molecule has 2 heterocycles. The fraction of sp³-hybridized carbons (Fsp3) is 0.688. The second-order valence-corrected chi connectivity index (χ2v) is 5.57. The molecule has 1 unspecified atom stereocenters. The van der Waals surface area contributed by atoms with Crippen LogP contribution in [0.3, 0.4) is 0 Å². The van der Waals surface area contributed by atoms with Gasteiger partial charge in [-0.05, 0) is 51.4 Å². The van der Waals surface area contributed by atoms with E-state index in [2.05, 4.69) is 47.2 Å². The highest BCUT2D eigenvalue weighted by Gasteiger charge is 2.14. The van der Waals surface area contributed by atoms with Crippen LogP contribution in [-0.2, 0) is 6.54 Å². The van der Waals surface area contributed by atoms with E-state index in [4.69, 9.17) is 0 Å². The minimum absolute atomic E-state index is 0.730. The lowest BCUT2D eigenvalue weighted by atomic mass is 10.0. The van der Waals surface area contributed by atoms with Gasteiger partial charge >= 0.3 is 0 Å². The smallest absolute Gasteiger partial charge is 0.0547 e. The van der Waals surface area contributed by atoms with Crippen molar-refractivity contribution < 1.29 is 0 Å². The van der Waals surface area contributed by atoms with Gasteiger partial charge in [-0.25, -0.2) is 0 Å². The molecule has 19 heavy (non-hydrogen) atoms. The third kappa shape index (κ3) is 4.92. The summed E-state index contributed by atoms with van der Waals surface area (Å²) in [5.74, 6) is 0. The molecular formula is C16H27N3. The average Bonchev–Trinajstić information content (AvgIpc) is 2.44. The average molecular weight is 261 g/mol.